The van der Waals surface area contributed by atoms with Crippen molar-refractivity contribution in [2.45, 2.75) is 44.1 Å². The zero-order valence-electron chi connectivity index (χ0n) is 19.8. The summed E-state index contributed by atoms with van der Waals surface area (Å²) in [5, 5.41) is 12.6. The van der Waals surface area contributed by atoms with Crippen molar-refractivity contribution in [3.8, 4) is 5.75 Å². The molecule has 1 fully saturated rings. The number of benzene rings is 2. The van der Waals surface area contributed by atoms with Crippen molar-refractivity contribution in [1.82, 2.24) is 15.1 Å². The fourth-order valence-electron chi connectivity index (χ4n) is 4.70. The number of likely N-dealkylation sites (tertiary alicyclic amines) is 1. The summed E-state index contributed by atoms with van der Waals surface area (Å²) in [5.74, 6) is 0.662. The van der Waals surface area contributed by atoms with Gasteiger partial charge >= 0.3 is 6.09 Å². The van der Waals surface area contributed by atoms with Crippen molar-refractivity contribution in [3.63, 3.8) is 0 Å². The van der Waals surface area contributed by atoms with E-state index in [1.54, 1.807) is 4.90 Å². The van der Waals surface area contributed by atoms with Crippen LogP contribution in [-0.2, 0) is 22.5 Å². The minimum atomic E-state index is -0.549. The number of likely N-dealkylation sites (N-methyl/N-ethyl adjacent to an activating group) is 1. The van der Waals surface area contributed by atoms with E-state index in [4.69, 9.17) is 4.74 Å². The minimum absolute atomic E-state index is 0.0457. The Labute approximate surface area is 200 Å². The number of hydrogen-bond donors (Lipinski definition) is 2. The molecule has 8 nitrogen and oxygen atoms in total. The van der Waals surface area contributed by atoms with Gasteiger partial charge in [0.25, 0.3) is 5.91 Å². The smallest absolute Gasteiger partial charge is 0.407 e. The van der Waals surface area contributed by atoms with Crippen LogP contribution in [0.25, 0.3) is 0 Å². The number of alkyl carbamates (subject to hydrolysis) is 1. The summed E-state index contributed by atoms with van der Waals surface area (Å²) in [5.41, 5.74) is 3.05. The zero-order valence-corrected chi connectivity index (χ0v) is 19.8. The molecule has 8 heteroatoms. The number of carbonyl (C=O) groups is 2. The van der Waals surface area contributed by atoms with Crippen molar-refractivity contribution in [2.24, 2.45) is 0 Å². The summed E-state index contributed by atoms with van der Waals surface area (Å²) >= 11 is 0. The summed E-state index contributed by atoms with van der Waals surface area (Å²) in [4.78, 5) is 28.8. The summed E-state index contributed by atoms with van der Waals surface area (Å²) in [7, 11) is 3.17. The molecule has 182 valence electrons. The van der Waals surface area contributed by atoms with Crippen LogP contribution in [0.1, 0.15) is 35.6 Å². The molecule has 0 radical (unpaired) electrons. The molecule has 2 N–H and O–H groups in total. The van der Waals surface area contributed by atoms with Gasteiger partial charge in [0.1, 0.15) is 5.75 Å². The maximum atomic E-state index is 13.5. The lowest BCUT2D eigenvalue weighted by atomic mass is 9.98. The SMILES string of the molecule is COC(=O)NCc1ccc2c(c1)CCC(C(=O)N(C)[C@H](CN1CC[C@H](O)C1)c1ccccc1)O2. The first-order chi connectivity index (χ1) is 16.4. The predicted molar refractivity (Wildman–Crippen MR) is 127 cm³/mol. The normalized spacial score (nSPS) is 20.7. The topological polar surface area (TPSA) is 91.3 Å². The van der Waals surface area contributed by atoms with Crippen LogP contribution in [0.5, 0.6) is 5.75 Å². The van der Waals surface area contributed by atoms with Gasteiger partial charge in [0.05, 0.1) is 19.3 Å². The molecule has 2 aliphatic heterocycles. The van der Waals surface area contributed by atoms with Crippen LogP contribution < -0.4 is 10.1 Å². The molecule has 2 heterocycles. The highest BCUT2D eigenvalue weighted by atomic mass is 16.5. The number of fused-ring (bicyclic) bond motifs is 1. The maximum absolute atomic E-state index is 13.5. The van der Waals surface area contributed by atoms with Gasteiger partial charge in [-0.2, -0.15) is 0 Å². The van der Waals surface area contributed by atoms with Gasteiger partial charge in [-0.15, -0.1) is 0 Å². The van der Waals surface area contributed by atoms with Crippen molar-refractivity contribution in [2.75, 3.05) is 33.8 Å². The van der Waals surface area contributed by atoms with Crippen LogP contribution in [0.3, 0.4) is 0 Å². The van der Waals surface area contributed by atoms with Gasteiger partial charge in [0.15, 0.2) is 6.10 Å². The van der Waals surface area contributed by atoms with Crippen LogP contribution in [0.2, 0.25) is 0 Å². The molecule has 0 saturated carbocycles. The van der Waals surface area contributed by atoms with E-state index >= 15 is 0 Å². The number of ether oxygens (including phenoxy) is 2. The Morgan fingerprint density at radius 2 is 2.03 bits per heavy atom. The Morgan fingerprint density at radius 1 is 1.24 bits per heavy atom. The van der Waals surface area contributed by atoms with Gasteiger partial charge in [-0.25, -0.2) is 4.79 Å². The highest BCUT2D eigenvalue weighted by molar-refractivity contribution is 5.82. The van der Waals surface area contributed by atoms with Gasteiger partial charge in [0.2, 0.25) is 0 Å². The fraction of sp³-hybridized carbons (Fsp3) is 0.462. The molecule has 34 heavy (non-hydrogen) atoms. The third-order valence-corrected chi connectivity index (χ3v) is 6.65. The number of carbonyl (C=O) groups excluding carboxylic acids is 2. The summed E-state index contributed by atoms with van der Waals surface area (Å²) in [6.07, 6.45) is 0.751. The lowest BCUT2D eigenvalue weighted by Crippen LogP contribution is -2.46. The second kappa shape index (κ2) is 10.9. The number of hydrogen-bond acceptors (Lipinski definition) is 6. The number of aryl methyl sites for hydroxylation is 1. The third-order valence-electron chi connectivity index (χ3n) is 6.65. The number of methoxy groups -OCH3 is 1. The number of amides is 2. The van der Waals surface area contributed by atoms with Crippen LogP contribution in [-0.4, -0.2) is 72.9 Å². The van der Waals surface area contributed by atoms with Crippen molar-refractivity contribution < 1.29 is 24.2 Å². The largest absolute Gasteiger partial charge is 0.480 e. The summed E-state index contributed by atoms with van der Waals surface area (Å²) in [6.45, 7) is 2.50. The number of nitrogens with one attached hydrogen (secondary N) is 1. The zero-order chi connectivity index (χ0) is 24.1. The Morgan fingerprint density at radius 3 is 2.74 bits per heavy atom. The first-order valence-corrected chi connectivity index (χ1v) is 11.8. The van der Waals surface area contributed by atoms with E-state index in [1.807, 2.05) is 55.6 Å². The number of aliphatic hydroxyl groups is 1. The molecule has 1 saturated heterocycles. The standard InChI is InChI=1S/C26H33N3O5/c1-28(22(19-6-4-3-5-7-19)17-29-13-12-21(30)16-29)25(31)24-11-9-20-14-18(8-10-23(20)34-24)15-27-26(32)33-2/h3-8,10,14,21-22,24,30H,9,11-13,15-17H2,1-2H3,(H,27,32)/t21-,22+,24?/m0/s1. The average Bonchev–Trinajstić information content (AvgIpc) is 3.29. The van der Waals surface area contributed by atoms with Gasteiger partial charge in [0, 0.05) is 33.2 Å². The average molecular weight is 468 g/mol. The number of nitrogens with zero attached hydrogens (tertiary/aromatic N) is 2. The van der Waals surface area contributed by atoms with E-state index in [0.717, 1.165) is 36.1 Å². The van der Waals surface area contributed by atoms with Gasteiger partial charge in [-0.05, 0) is 42.0 Å². The quantitative estimate of drug-likeness (QED) is 0.650. The highest BCUT2D eigenvalue weighted by Gasteiger charge is 2.34. The molecular weight excluding hydrogens is 434 g/mol. The first kappa shape index (κ1) is 24.0. The van der Waals surface area contributed by atoms with Crippen molar-refractivity contribution >= 4 is 12.0 Å². The van der Waals surface area contributed by atoms with Gasteiger partial charge < -0.3 is 24.8 Å². The van der Waals surface area contributed by atoms with Crippen molar-refractivity contribution in [1.29, 1.82) is 0 Å². The van der Waals surface area contributed by atoms with E-state index in [-0.39, 0.29) is 18.1 Å². The minimum Gasteiger partial charge on any atom is -0.480 e. The van der Waals surface area contributed by atoms with Crippen LogP contribution in [0.15, 0.2) is 48.5 Å². The molecule has 4 rings (SSSR count). The first-order valence-electron chi connectivity index (χ1n) is 11.8. The summed E-state index contributed by atoms with van der Waals surface area (Å²) < 4.78 is 10.7. The number of β-amino-alcohol motifs (C(OH)–C–C–N with tert-alkyl or cyclic N) is 1. The molecule has 2 amide bonds. The van der Waals surface area contributed by atoms with Crippen LogP contribution >= 0.6 is 0 Å². The van der Waals surface area contributed by atoms with E-state index in [2.05, 4.69) is 15.0 Å². The van der Waals surface area contributed by atoms with Crippen molar-refractivity contribution in [3.05, 3.63) is 65.2 Å². The second-order valence-electron chi connectivity index (χ2n) is 9.01. The van der Waals surface area contributed by atoms with Crippen LogP contribution in [0.4, 0.5) is 4.79 Å². The molecule has 0 aliphatic carbocycles. The monoisotopic (exact) mass is 467 g/mol. The number of aliphatic hydroxyl groups excluding tert-OH is 1. The maximum Gasteiger partial charge on any atom is 0.407 e. The fourth-order valence-corrected chi connectivity index (χ4v) is 4.70. The Balaban J connectivity index is 1.44. The lowest BCUT2D eigenvalue weighted by molar-refractivity contribution is -0.140. The van der Waals surface area contributed by atoms with E-state index in [1.165, 1.54) is 7.11 Å². The van der Waals surface area contributed by atoms with E-state index < -0.39 is 12.2 Å². The third kappa shape index (κ3) is 5.69. The Hall–Kier alpha value is -3.10. The lowest BCUT2D eigenvalue weighted by Gasteiger charge is -2.35. The molecular formula is C26H33N3O5. The number of rotatable bonds is 7. The van der Waals surface area contributed by atoms with Gasteiger partial charge in [-0.3, -0.25) is 9.69 Å². The second-order valence-corrected chi connectivity index (χ2v) is 9.01. The predicted octanol–water partition coefficient (Wildman–Crippen LogP) is 2.50. The van der Waals surface area contributed by atoms with Crippen LogP contribution in [0, 0.1) is 0 Å². The molecule has 2 aliphatic rings. The molecule has 0 aromatic heterocycles. The summed E-state index contributed by atoms with van der Waals surface area (Å²) in [6, 6.07) is 15.7. The molecule has 1 unspecified atom stereocenters. The van der Waals surface area contributed by atoms with E-state index in [9.17, 15) is 14.7 Å². The highest BCUT2D eigenvalue weighted by Crippen LogP contribution is 2.31. The molecule has 0 spiro atoms. The molecule has 2 aromatic carbocycles. The van der Waals surface area contributed by atoms with Gasteiger partial charge in [-0.1, -0.05) is 42.5 Å². The Kier molecular flexibility index (Phi) is 7.70. The molecule has 2 aromatic rings. The molecule has 0 bridgehead atoms. The Bertz CT molecular complexity index is 999. The van der Waals surface area contributed by atoms with E-state index in [0.29, 0.717) is 31.8 Å². The molecule has 3 atom stereocenters.